The molecule has 0 saturated carbocycles. The van der Waals surface area contributed by atoms with Crippen molar-refractivity contribution in [2.45, 2.75) is 19.3 Å². The minimum Gasteiger partial charge on any atom is -0.299 e. The van der Waals surface area contributed by atoms with Crippen LogP contribution in [0.4, 0.5) is 0 Å². The number of carbonyl (C=O) groups excluding carboxylic acids is 1. The Kier molecular flexibility index (Phi) is 4.49. The van der Waals surface area contributed by atoms with E-state index in [2.05, 4.69) is 12.1 Å². The molecule has 0 aromatic heterocycles. The first-order chi connectivity index (χ1) is 10.2. The average Bonchev–Trinajstić information content (AvgIpc) is 2.56. The van der Waals surface area contributed by atoms with E-state index in [0.717, 1.165) is 11.1 Å². The number of nitrogens with zero attached hydrogens (tertiary/aromatic N) is 2. The summed E-state index contributed by atoms with van der Waals surface area (Å²) < 4.78 is 0. The Bertz CT molecular complexity index is 658. The van der Waals surface area contributed by atoms with Crippen molar-refractivity contribution in [3.05, 3.63) is 70.8 Å². The maximum atomic E-state index is 12.3. The Hall–Kier alpha value is -2.91. The monoisotopic (exact) mass is 274 g/mol. The third-order valence-corrected chi connectivity index (χ3v) is 3.42. The maximum Gasteiger partial charge on any atom is 0.144 e. The lowest BCUT2D eigenvalue weighted by atomic mass is 9.86. The molecule has 102 valence electrons. The molecule has 0 amide bonds. The molecule has 2 aromatic rings. The number of hydrogen-bond acceptors (Lipinski definition) is 3. The molecule has 2 aromatic carbocycles. The van der Waals surface area contributed by atoms with Gasteiger partial charge >= 0.3 is 0 Å². The van der Waals surface area contributed by atoms with E-state index in [0.29, 0.717) is 17.5 Å². The second kappa shape index (κ2) is 6.50. The summed E-state index contributed by atoms with van der Waals surface area (Å²) in [6.45, 7) is 1.84. The minimum atomic E-state index is -0.351. The van der Waals surface area contributed by atoms with Crippen LogP contribution in [0.25, 0.3) is 0 Å². The van der Waals surface area contributed by atoms with E-state index in [1.807, 2.05) is 31.2 Å². The van der Waals surface area contributed by atoms with E-state index < -0.39 is 0 Å². The molecule has 0 radical (unpaired) electrons. The average molecular weight is 274 g/mol. The number of carbonyl (C=O) groups is 1. The highest BCUT2D eigenvalue weighted by atomic mass is 16.1. The Balaban J connectivity index is 2.44. The molecule has 0 fully saturated rings. The molecule has 0 spiro atoms. The largest absolute Gasteiger partial charge is 0.299 e. The highest BCUT2D eigenvalue weighted by Gasteiger charge is 2.21. The third-order valence-electron chi connectivity index (χ3n) is 3.42. The zero-order chi connectivity index (χ0) is 15.2. The lowest BCUT2D eigenvalue weighted by molar-refractivity contribution is -0.119. The van der Waals surface area contributed by atoms with Gasteiger partial charge in [0.05, 0.1) is 29.2 Å². The zero-order valence-corrected chi connectivity index (χ0v) is 11.7. The van der Waals surface area contributed by atoms with Crippen LogP contribution in [-0.2, 0) is 4.79 Å². The summed E-state index contributed by atoms with van der Waals surface area (Å²) in [4.78, 5) is 12.3. The quantitative estimate of drug-likeness (QED) is 0.856. The molecule has 21 heavy (non-hydrogen) atoms. The molecule has 3 nitrogen and oxygen atoms in total. The van der Waals surface area contributed by atoms with Gasteiger partial charge in [-0.25, -0.2) is 0 Å². The van der Waals surface area contributed by atoms with E-state index in [-0.39, 0.29) is 11.7 Å². The summed E-state index contributed by atoms with van der Waals surface area (Å²) >= 11 is 0. The number of hydrogen-bond donors (Lipinski definition) is 0. The first kappa shape index (κ1) is 14.5. The smallest absolute Gasteiger partial charge is 0.144 e. The summed E-state index contributed by atoms with van der Waals surface area (Å²) in [6.07, 6.45) is 0.435. The van der Waals surface area contributed by atoms with Crippen LogP contribution in [0.15, 0.2) is 48.5 Å². The van der Waals surface area contributed by atoms with Crippen molar-refractivity contribution in [1.82, 2.24) is 0 Å². The molecule has 2 rings (SSSR count). The topological polar surface area (TPSA) is 64.7 Å². The summed E-state index contributed by atoms with van der Waals surface area (Å²) in [7, 11) is 0. The fraction of sp³-hybridized carbons (Fsp3) is 0.167. The fourth-order valence-corrected chi connectivity index (χ4v) is 2.27. The van der Waals surface area contributed by atoms with Crippen LogP contribution in [0.1, 0.15) is 41.5 Å². The van der Waals surface area contributed by atoms with E-state index in [4.69, 9.17) is 10.5 Å². The van der Waals surface area contributed by atoms with Gasteiger partial charge in [0.15, 0.2) is 0 Å². The van der Waals surface area contributed by atoms with Gasteiger partial charge in [0.1, 0.15) is 5.78 Å². The minimum absolute atomic E-state index is 0.115. The molecule has 0 heterocycles. The van der Waals surface area contributed by atoms with E-state index in [1.165, 1.54) is 0 Å². The van der Waals surface area contributed by atoms with Gasteiger partial charge in [0.2, 0.25) is 0 Å². The summed E-state index contributed by atoms with van der Waals surface area (Å²) in [6, 6.07) is 18.3. The molecule has 0 aliphatic heterocycles. The van der Waals surface area contributed by atoms with Gasteiger partial charge in [-0.15, -0.1) is 0 Å². The Morgan fingerprint density at radius 3 is 1.57 bits per heavy atom. The van der Waals surface area contributed by atoms with Crippen LogP contribution in [0, 0.1) is 22.7 Å². The SMILES string of the molecule is CCC(=O)C(c1ccc(C#N)cc1)c1ccc(C#N)cc1. The van der Waals surface area contributed by atoms with Crippen LogP contribution in [0.2, 0.25) is 0 Å². The first-order valence-electron chi connectivity index (χ1n) is 6.72. The van der Waals surface area contributed by atoms with Crippen LogP contribution >= 0.6 is 0 Å². The summed E-state index contributed by atoms with van der Waals surface area (Å²) in [5.74, 6) is -0.236. The standard InChI is InChI=1S/C18H14N2O/c1-2-17(21)18(15-7-3-13(11-19)4-8-15)16-9-5-14(12-20)6-10-16/h3-10,18H,2H2,1H3. The number of benzene rings is 2. The van der Waals surface area contributed by atoms with E-state index in [1.54, 1.807) is 24.3 Å². The molecule has 0 saturated heterocycles. The summed E-state index contributed by atoms with van der Waals surface area (Å²) in [5, 5.41) is 17.7. The third kappa shape index (κ3) is 3.16. The molecular formula is C18H14N2O. The van der Waals surface area contributed by atoms with Gasteiger partial charge in [-0.1, -0.05) is 31.2 Å². The number of Topliss-reactive ketones (excluding diaryl/α,β-unsaturated/α-hetero) is 1. The Labute approximate surface area is 124 Å². The van der Waals surface area contributed by atoms with Crippen molar-refractivity contribution in [3.8, 4) is 12.1 Å². The highest BCUT2D eigenvalue weighted by molar-refractivity contribution is 5.88. The molecule has 3 heteroatoms. The molecule has 0 N–H and O–H groups in total. The van der Waals surface area contributed by atoms with Crippen molar-refractivity contribution < 1.29 is 4.79 Å². The predicted octanol–water partition coefficient (Wildman–Crippen LogP) is 3.54. The van der Waals surface area contributed by atoms with Crippen molar-refractivity contribution in [1.29, 1.82) is 10.5 Å². The van der Waals surface area contributed by atoms with Gasteiger partial charge in [0.25, 0.3) is 0 Å². The van der Waals surface area contributed by atoms with Crippen molar-refractivity contribution in [2.75, 3.05) is 0 Å². The lowest BCUT2D eigenvalue weighted by Crippen LogP contribution is -2.13. The van der Waals surface area contributed by atoms with Crippen LogP contribution in [0.5, 0.6) is 0 Å². The maximum absolute atomic E-state index is 12.3. The van der Waals surface area contributed by atoms with Gasteiger partial charge in [-0.2, -0.15) is 10.5 Å². The molecule has 0 aliphatic carbocycles. The van der Waals surface area contributed by atoms with Gasteiger partial charge in [-0.05, 0) is 35.4 Å². The molecule has 0 unspecified atom stereocenters. The second-order valence-corrected chi connectivity index (χ2v) is 4.72. The van der Waals surface area contributed by atoms with Gasteiger partial charge < -0.3 is 0 Å². The Morgan fingerprint density at radius 1 is 0.905 bits per heavy atom. The predicted molar refractivity (Wildman–Crippen MR) is 79.5 cm³/mol. The number of ketones is 1. The molecule has 0 bridgehead atoms. The van der Waals surface area contributed by atoms with E-state index in [9.17, 15) is 4.79 Å². The lowest BCUT2D eigenvalue weighted by Gasteiger charge is -2.16. The fourth-order valence-electron chi connectivity index (χ4n) is 2.27. The zero-order valence-electron chi connectivity index (χ0n) is 11.7. The van der Waals surface area contributed by atoms with Crippen LogP contribution in [-0.4, -0.2) is 5.78 Å². The van der Waals surface area contributed by atoms with Gasteiger partial charge in [0, 0.05) is 6.42 Å². The molecule has 0 atom stereocenters. The van der Waals surface area contributed by atoms with Crippen molar-refractivity contribution >= 4 is 5.78 Å². The first-order valence-corrected chi connectivity index (χ1v) is 6.72. The molecule has 0 aliphatic rings. The molecular weight excluding hydrogens is 260 g/mol. The highest BCUT2D eigenvalue weighted by Crippen LogP contribution is 2.27. The number of nitriles is 2. The van der Waals surface area contributed by atoms with Crippen molar-refractivity contribution in [2.24, 2.45) is 0 Å². The Morgan fingerprint density at radius 2 is 1.29 bits per heavy atom. The van der Waals surface area contributed by atoms with E-state index >= 15 is 0 Å². The number of rotatable bonds is 4. The van der Waals surface area contributed by atoms with Gasteiger partial charge in [-0.3, -0.25) is 4.79 Å². The normalized spacial score (nSPS) is 9.90. The van der Waals surface area contributed by atoms with Crippen LogP contribution < -0.4 is 0 Å². The van der Waals surface area contributed by atoms with Crippen LogP contribution in [0.3, 0.4) is 0 Å². The second-order valence-electron chi connectivity index (χ2n) is 4.72. The van der Waals surface area contributed by atoms with Crippen molar-refractivity contribution in [3.63, 3.8) is 0 Å². The summed E-state index contributed by atoms with van der Waals surface area (Å²) in [5.41, 5.74) is 2.87.